The zero-order valence-corrected chi connectivity index (χ0v) is 12.8. The van der Waals surface area contributed by atoms with Crippen molar-refractivity contribution in [2.24, 2.45) is 0 Å². The van der Waals surface area contributed by atoms with Crippen LogP contribution in [0.1, 0.15) is 21.7 Å². The predicted octanol–water partition coefficient (Wildman–Crippen LogP) is 1.92. The first kappa shape index (κ1) is 14.4. The molecule has 0 amide bonds. The molecule has 1 N–H and O–H groups in total. The Kier molecular flexibility index (Phi) is 3.45. The molecule has 1 aromatic carbocycles. The second kappa shape index (κ2) is 5.77. The first-order chi connectivity index (χ1) is 11.7. The van der Waals surface area contributed by atoms with E-state index in [0.29, 0.717) is 12.4 Å². The Balaban J connectivity index is 1.57. The summed E-state index contributed by atoms with van der Waals surface area (Å²) in [6, 6.07) is 13.2. The number of anilines is 1. The van der Waals surface area contributed by atoms with Gasteiger partial charge in [0.15, 0.2) is 11.5 Å². The lowest BCUT2D eigenvalue weighted by molar-refractivity contribution is 0.0689. The molecule has 0 unspecified atom stereocenters. The van der Waals surface area contributed by atoms with Crippen molar-refractivity contribution in [2.75, 3.05) is 11.4 Å². The minimum Gasteiger partial charge on any atom is -0.476 e. The summed E-state index contributed by atoms with van der Waals surface area (Å²) in [6.45, 7) is 1.46. The molecule has 7 nitrogen and oxygen atoms in total. The molecule has 0 atom stereocenters. The van der Waals surface area contributed by atoms with Gasteiger partial charge in [-0.1, -0.05) is 18.2 Å². The van der Waals surface area contributed by atoms with E-state index in [-0.39, 0.29) is 5.69 Å². The lowest BCUT2D eigenvalue weighted by Crippen LogP contribution is -2.30. The first-order valence-corrected chi connectivity index (χ1v) is 7.65. The SMILES string of the molecule is O=C(O)c1ccc(N2CCc3nn(-c4ccccc4)cc3C2)nn1. The summed E-state index contributed by atoms with van der Waals surface area (Å²) in [6.07, 6.45) is 2.85. The molecule has 24 heavy (non-hydrogen) atoms. The molecule has 120 valence electrons. The van der Waals surface area contributed by atoms with Crippen molar-refractivity contribution in [3.8, 4) is 5.69 Å². The Labute approximate surface area is 138 Å². The summed E-state index contributed by atoms with van der Waals surface area (Å²) in [5.41, 5.74) is 3.22. The number of carboxylic acids is 1. The van der Waals surface area contributed by atoms with Gasteiger partial charge < -0.3 is 10.0 Å². The van der Waals surface area contributed by atoms with E-state index in [1.54, 1.807) is 6.07 Å². The number of aromatic nitrogens is 4. The van der Waals surface area contributed by atoms with Gasteiger partial charge in [0.2, 0.25) is 0 Å². The van der Waals surface area contributed by atoms with Crippen molar-refractivity contribution in [2.45, 2.75) is 13.0 Å². The molecule has 0 spiro atoms. The van der Waals surface area contributed by atoms with E-state index >= 15 is 0 Å². The standard InChI is InChI=1S/C17H15N5O2/c23-17(24)15-6-7-16(19-18-15)21-9-8-14-12(10-21)11-22(20-14)13-4-2-1-3-5-13/h1-7,11H,8-10H2,(H,23,24). The fraction of sp³-hybridized carbons (Fsp3) is 0.176. The minimum atomic E-state index is -1.07. The third-order valence-corrected chi connectivity index (χ3v) is 4.07. The number of carboxylic acid groups (broad SMARTS) is 1. The number of aromatic carboxylic acids is 1. The van der Waals surface area contributed by atoms with E-state index in [1.807, 2.05) is 41.2 Å². The van der Waals surface area contributed by atoms with E-state index in [0.717, 1.165) is 29.9 Å². The van der Waals surface area contributed by atoms with Gasteiger partial charge in [-0.05, 0) is 24.3 Å². The Hall–Kier alpha value is -3.22. The van der Waals surface area contributed by atoms with Crippen LogP contribution in [0.3, 0.4) is 0 Å². The number of para-hydroxylation sites is 1. The molecule has 1 aliphatic rings. The summed E-state index contributed by atoms with van der Waals surface area (Å²) in [4.78, 5) is 12.9. The quantitative estimate of drug-likeness (QED) is 0.793. The van der Waals surface area contributed by atoms with Crippen molar-refractivity contribution >= 4 is 11.8 Å². The largest absolute Gasteiger partial charge is 0.476 e. The average molecular weight is 321 g/mol. The van der Waals surface area contributed by atoms with Crippen LogP contribution in [0.15, 0.2) is 48.7 Å². The van der Waals surface area contributed by atoms with Crippen LogP contribution in [-0.2, 0) is 13.0 Å². The van der Waals surface area contributed by atoms with Gasteiger partial charge in [0.1, 0.15) is 0 Å². The van der Waals surface area contributed by atoms with Crippen LogP contribution in [0.2, 0.25) is 0 Å². The Morgan fingerprint density at radius 1 is 1.08 bits per heavy atom. The second-order valence-corrected chi connectivity index (χ2v) is 5.63. The van der Waals surface area contributed by atoms with Gasteiger partial charge in [-0.3, -0.25) is 0 Å². The van der Waals surface area contributed by atoms with Gasteiger partial charge in [-0.2, -0.15) is 5.10 Å². The highest BCUT2D eigenvalue weighted by Crippen LogP contribution is 2.23. The summed E-state index contributed by atoms with van der Waals surface area (Å²) in [5.74, 6) is -0.391. The highest BCUT2D eigenvalue weighted by molar-refractivity contribution is 5.85. The van der Waals surface area contributed by atoms with Crippen LogP contribution in [0.25, 0.3) is 5.69 Å². The average Bonchev–Trinajstić information content (AvgIpc) is 3.06. The molecule has 0 bridgehead atoms. The molecule has 7 heteroatoms. The van der Waals surface area contributed by atoms with Crippen LogP contribution in [-0.4, -0.2) is 37.6 Å². The zero-order chi connectivity index (χ0) is 16.5. The predicted molar refractivity (Wildman–Crippen MR) is 87.3 cm³/mol. The van der Waals surface area contributed by atoms with Gasteiger partial charge in [0.25, 0.3) is 0 Å². The number of nitrogens with zero attached hydrogens (tertiary/aromatic N) is 5. The van der Waals surface area contributed by atoms with E-state index in [4.69, 9.17) is 5.11 Å². The third-order valence-electron chi connectivity index (χ3n) is 4.07. The number of fused-ring (bicyclic) bond motifs is 1. The Bertz CT molecular complexity index is 874. The lowest BCUT2D eigenvalue weighted by atomic mass is 10.1. The molecule has 0 saturated heterocycles. The van der Waals surface area contributed by atoms with Gasteiger partial charge in [-0.25, -0.2) is 9.48 Å². The molecule has 4 rings (SSSR count). The molecule has 0 fully saturated rings. The molecule has 0 saturated carbocycles. The van der Waals surface area contributed by atoms with Crippen molar-refractivity contribution in [1.29, 1.82) is 0 Å². The Morgan fingerprint density at radius 3 is 2.62 bits per heavy atom. The number of benzene rings is 1. The number of hydrogen-bond donors (Lipinski definition) is 1. The molecule has 3 heterocycles. The maximum Gasteiger partial charge on any atom is 0.356 e. The molecule has 3 aromatic rings. The molecule has 2 aromatic heterocycles. The summed E-state index contributed by atoms with van der Waals surface area (Å²) >= 11 is 0. The first-order valence-electron chi connectivity index (χ1n) is 7.65. The third kappa shape index (κ3) is 2.60. The summed E-state index contributed by atoms with van der Waals surface area (Å²) in [7, 11) is 0. The van der Waals surface area contributed by atoms with Crippen molar-refractivity contribution in [1.82, 2.24) is 20.0 Å². The van der Waals surface area contributed by atoms with E-state index in [9.17, 15) is 4.79 Å². The highest BCUT2D eigenvalue weighted by Gasteiger charge is 2.21. The molecule has 1 aliphatic heterocycles. The maximum atomic E-state index is 10.9. The van der Waals surface area contributed by atoms with Gasteiger partial charge in [0, 0.05) is 31.3 Å². The number of carbonyl (C=O) groups is 1. The van der Waals surface area contributed by atoms with Gasteiger partial charge in [0.05, 0.1) is 11.4 Å². The zero-order valence-electron chi connectivity index (χ0n) is 12.8. The van der Waals surface area contributed by atoms with Gasteiger partial charge >= 0.3 is 5.97 Å². The van der Waals surface area contributed by atoms with Crippen LogP contribution in [0, 0.1) is 0 Å². The molecule has 0 radical (unpaired) electrons. The molecule has 0 aliphatic carbocycles. The van der Waals surface area contributed by atoms with Gasteiger partial charge in [-0.15, -0.1) is 10.2 Å². The van der Waals surface area contributed by atoms with Crippen molar-refractivity contribution < 1.29 is 9.90 Å². The minimum absolute atomic E-state index is 0.0478. The fourth-order valence-corrected chi connectivity index (χ4v) is 2.83. The fourth-order valence-electron chi connectivity index (χ4n) is 2.83. The number of rotatable bonds is 3. The monoisotopic (exact) mass is 321 g/mol. The Morgan fingerprint density at radius 2 is 1.92 bits per heavy atom. The van der Waals surface area contributed by atoms with E-state index in [2.05, 4.69) is 20.2 Å². The van der Waals surface area contributed by atoms with Crippen LogP contribution >= 0.6 is 0 Å². The summed E-state index contributed by atoms with van der Waals surface area (Å²) < 4.78 is 1.90. The van der Waals surface area contributed by atoms with E-state index < -0.39 is 5.97 Å². The van der Waals surface area contributed by atoms with E-state index in [1.165, 1.54) is 6.07 Å². The lowest BCUT2D eigenvalue weighted by Gasteiger charge is -2.26. The molecular weight excluding hydrogens is 306 g/mol. The molecular formula is C17H15N5O2. The van der Waals surface area contributed by atoms with Crippen molar-refractivity contribution in [3.05, 3.63) is 65.6 Å². The second-order valence-electron chi connectivity index (χ2n) is 5.63. The highest BCUT2D eigenvalue weighted by atomic mass is 16.4. The van der Waals surface area contributed by atoms with Crippen LogP contribution < -0.4 is 4.90 Å². The summed E-state index contributed by atoms with van der Waals surface area (Å²) in [5, 5.41) is 21.3. The topological polar surface area (TPSA) is 84.1 Å². The van der Waals surface area contributed by atoms with Crippen LogP contribution in [0.5, 0.6) is 0 Å². The maximum absolute atomic E-state index is 10.9. The smallest absolute Gasteiger partial charge is 0.356 e. The normalized spacial score (nSPS) is 13.6. The van der Waals surface area contributed by atoms with Crippen molar-refractivity contribution in [3.63, 3.8) is 0 Å². The van der Waals surface area contributed by atoms with Crippen LogP contribution in [0.4, 0.5) is 5.82 Å². The number of hydrogen-bond acceptors (Lipinski definition) is 5.